The fourth-order valence-electron chi connectivity index (χ4n) is 2.05. The van der Waals surface area contributed by atoms with Crippen molar-refractivity contribution < 1.29 is 14.3 Å². The zero-order valence-electron chi connectivity index (χ0n) is 11.6. The molecular weight excluding hydrogens is 323 g/mol. The Hall–Kier alpha value is -2.80. The summed E-state index contributed by atoms with van der Waals surface area (Å²) in [6, 6.07) is 9.23. The molecule has 8 heteroatoms. The quantitative estimate of drug-likeness (QED) is 0.728. The zero-order valence-corrected chi connectivity index (χ0v) is 12.4. The lowest BCUT2D eigenvalue weighted by Crippen LogP contribution is -2.00. The summed E-state index contributed by atoms with van der Waals surface area (Å²) in [5, 5.41) is 17.0. The third-order valence-corrected chi connectivity index (χ3v) is 3.35. The predicted molar refractivity (Wildman–Crippen MR) is 82.1 cm³/mol. The number of azo groups is 1. The lowest BCUT2D eigenvalue weighted by Gasteiger charge is -1.98. The molecule has 1 aromatic carbocycles. The molecule has 0 amide bonds. The van der Waals surface area contributed by atoms with Gasteiger partial charge in [-0.25, -0.2) is 9.37 Å². The van der Waals surface area contributed by atoms with Crippen LogP contribution in [0.2, 0.25) is 5.02 Å². The van der Waals surface area contributed by atoms with E-state index in [1.165, 1.54) is 18.2 Å². The summed E-state index contributed by atoms with van der Waals surface area (Å²) >= 11 is 5.70. The van der Waals surface area contributed by atoms with E-state index in [9.17, 15) is 9.18 Å². The Morgan fingerprint density at radius 3 is 2.87 bits per heavy atom. The van der Waals surface area contributed by atoms with Crippen LogP contribution >= 0.6 is 11.6 Å². The molecule has 116 valence electrons. The van der Waals surface area contributed by atoms with E-state index in [1.807, 2.05) is 0 Å². The molecule has 0 atom stereocenters. The van der Waals surface area contributed by atoms with Crippen molar-refractivity contribution in [1.82, 2.24) is 9.38 Å². The van der Waals surface area contributed by atoms with Gasteiger partial charge in [0.1, 0.15) is 11.5 Å². The van der Waals surface area contributed by atoms with Crippen molar-refractivity contribution in [3.63, 3.8) is 0 Å². The third-order valence-electron chi connectivity index (χ3n) is 3.06. The Bertz CT molecular complexity index is 923. The van der Waals surface area contributed by atoms with Crippen LogP contribution in [0, 0.1) is 5.82 Å². The standard InChI is InChI=1S/C15H10ClFN4O2/c16-10-7-9(4-5-11(10)17)19-20-15-12(8-14(22)23)18-13-3-1-2-6-21(13)15/h1-7H,8H2,(H,22,23). The molecule has 0 aliphatic rings. The fraction of sp³-hybridized carbons (Fsp3) is 0.0667. The molecule has 0 saturated heterocycles. The maximum absolute atomic E-state index is 13.1. The predicted octanol–water partition coefficient (Wildman–Crippen LogP) is 4.17. The van der Waals surface area contributed by atoms with Crippen molar-refractivity contribution >= 4 is 34.7 Å². The summed E-state index contributed by atoms with van der Waals surface area (Å²) in [5.41, 5.74) is 1.21. The van der Waals surface area contributed by atoms with Crippen molar-refractivity contribution in [2.45, 2.75) is 6.42 Å². The van der Waals surface area contributed by atoms with Gasteiger partial charge in [-0.2, -0.15) is 0 Å². The summed E-state index contributed by atoms with van der Waals surface area (Å²) in [4.78, 5) is 15.2. The molecule has 0 spiro atoms. The first kappa shape index (κ1) is 15.1. The second kappa shape index (κ2) is 6.13. The van der Waals surface area contributed by atoms with Crippen LogP contribution in [0.15, 0.2) is 52.8 Å². The number of aromatic nitrogens is 2. The number of carbonyl (C=O) groups is 1. The van der Waals surface area contributed by atoms with Gasteiger partial charge in [-0.05, 0) is 30.3 Å². The van der Waals surface area contributed by atoms with Crippen molar-refractivity contribution in [3.8, 4) is 0 Å². The van der Waals surface area contributed by atoms with Crippen LogP contribution in [0.5, 0.6) is 0 Å². The van der Waals surface area contributed by atoms with Crippen LogP contribution in [-0.4, -0.2) is 20.5 Å². The van der Waals surface area contributed by atoms with Crippen LogP contribution in [0.25, 0.3) is 5.65 Å². The Balaban J connectivity index is 2.05. The molecule has 3 rings (SSSR count). The number of nitrogens with zero attached hydrogens (tertiary/aromatic N) is 4. The average molecular weight is 333 g/mol. The van der Waals surface area contributed by atoms with Gasteiger partial charge in [0.2, 0.25) is 0 Å². The summed E-state index contributed by atoms with van der Waals surface area (Å²) in [7, 11) is 0. The molecule has 0 aliphatic heterocycles. The van der Waals surface area contributed by atoms with E-state index in [-0.39, 0.29) is 11.4 Å². The molecular formula is C15H10ClFN4O2. The van der Waals surface area contributed by atoms with Crippen LogP contribution in [0.3, 0.4) is 0 Å². The highest BCUT2D eigenvalue weighted by Crippen LogP contribution is 2.26. The summed E-state index contributed by atoms with van der Waals surface area (Å²) in [6.45, 7) is 0. The molecule has 2 heterocycles. The first-order chi connectivity index (χ1) is 11.0. The summed E-state index contributed by atoms with van der Waals surface area (Å²) in [5.74, 6) is -1.26. The summed E-state index contributed by atoms with van der Waals surface area (Å²) in [6.07, 6.45) is 1.43. The van der Waals surface area contributed by atoms with Gasteiger partial charge < -0.3 is 5.11 Å². The molecule has 0 unspecified atom stereocenters. The second-order valence-corrected chi connectivity index (χ2v) is 5.09. The van der Waals surface area contributed by atoms with Gasteiger partial charge in [0.15, 0.2) is 5.82 Å². The number of pyridine rings is 1. The van der Waals surface area contributed by atoms with E-state index >= 15 is 0 Å². The van der Waals surface area contributed by atoms with Gasteiger partial charge in [0, 0.05) is 6.20 Å². The lowest BCUT2D eigenvalue weighted by atomic mass is 10.3. The summed E-state index contributed by atoms with van der Waals surface area (Å²) < 4.78 is 14.8. The molecule has 0 radical (unpaired) electrons. The van der Waals surface area contributed by atoms with Gasteiger partial charge in [-0.3, -0.25) is 9.20 Å². The number of halogens is 2. The number of rotatable bonds is 4. The van der Waals surface area contributed by atoms with Gasteiger partial charge in [-0.15, -0.1) is 10.2 Å². The minimum atomic E-state index is -1.02. The molecule has 6 nitrogen and oxygen atoms in total. The number of carboxylic acid groups (broad SMARTS) is 1. The average Bonchev–Trinajstić information content (AvgIpc) is 2.85. The Labute approximate surface area is 134 Å². The topological polar surface area (TPSA) is 79.3 Å². The number of imidazole rings is 1. The molecule has 0 fully saturated rings. The molecule has 0 bridgehead atoms. The SMILES string of the molecule is O=C(O)Cc1nc2ccccn2c1N=Nc1ccc(F)c(Cl)c1. The Kier molecular flexibility index (Phi) is 4.03. The van der Waals surface area contributed by atoms with Crippen molar-refractivity contribution in [3.05, 3.63) is 59.1 Å². The Morgan fingerprint density at radius 1 is 1.30 bits per heavy atom. The van der Waals surface area contributed by atoms with E-state index in [0.29, 0.717) is 22.8 Å². The number of carboxylic acids is 1. The van der Waals surface area contributed by atoms with Gasteiger partial charge in [0.25, 0.3) is 0 Å². The molecule has 1 N–H and O–H groups in total. The van der Waals surface area contributed by atoms with E-state index < -0.39 is 11.8 Å². The molecule has 3 aromatic rings. The zero-order chi connectivity index (χ0) is 16.4. The van der Waals surface area contributed by atoms with Crippen molar-refractivity contribution in [2.75, 3.05) is 0 Å². The normalized spacial score (nSPS) is 11.4. The Morgan fingerprint density at radius 2 is 2.13 bits per heavy atom. The molecule has 2 aromatic heterocycles. The monoisotopic (exact) mass is 332 g/mol. The highest BCUT2D eigenvalue weighted by molar-refractivity contribution is 6.30. The molecule has 23 heavy (non-hydrogen) atoms. The minimum absolute atomic E-state index is 0.0645. The van der Waals surface area contributed by atoms with Gasteiger partial charge in [-0.1, -0.05) is 17.7 Å². The van der Waals surface area contributed by atoms with Crippen LogP contribution in [-0.2, 0) is 11.2 Å². The number of hydrogen-bond donors (Lipinski definition) is 1. The second-order valence-electron chi connectivity index (χ2n) is 4.68. The van der Waals surface area contributed by atoms with Gasteiger partial charge >= 0.3 is 5.97 Å². The van der Waals surface area contributed by atoms with E-state index in [4.69, 9.17) is 16.7 Å². The van der Waals surface area contributed by atoms with Crippen molar-refractivity contribution in [1.29, 1.82) is 0 Å². The third kappa shape index (κ3) is 3.19. The number of hydrogen-bond acceptors (Lipinski definition) is 4. The van der Waals surface area contributed by atoms with E-state index in [2.05, 4.69) is 15.2 Å². The largest absolute Gasteiger partial charge is 0.481 e. The van der Waals surface area contributed by atoms with Crippen LogP contribution < -0.4 is 0 Å². The van der Waals surface area contributed by atoms with Crippen molar-refractivity contribution in [2.24, 2.45) is 10.2 Å². The number of benzene rings is 1. The van der Waals surface area contributed by atoms with E-state index in [0.717, 1.165) is 0 Å². The van der Waals surface area contributed by atoms with E-state index in [1.54, 1.807) is 28.8 Å². The lowest BCUT2D eigenvalue weighted by molar-refractivity contribution is -0.136. The van der Waals surface area contributed by atoms with Crippen LogP contribution in [0.1, 0.15) is 5.69 Å². The molecule has 0 saturated carbocycles. The first-order valence-electron chi connectivity index (χ1n) is 6.59. The molecule has 0 aliphatic carbocycles. The first-order valence-corrected chi connectivity index (χ1v) is 6.97. The maximum Gasteiger partial charge on any atom is 0.309 e. The van der Waals surface area contributed by atoms with Crippen LogP contribution in [0.4, 0.5) is 15.9 Å². The fourth-order valence-corrected chi connectivity index (χ4v) is 2.23. The maximum atomic E-state index is 13.1. The minimum Gasteiger partial charge on any atom is -0.481 e. The smallest absolute Gasteiger partial charge is 0.309 e. The number of fused-ring (bicyclic) bond motifs is 1. The number of aliphatic carboxylic acids is 1. The highest BCUT2D eigenvalue weighted by Gasteiger charge is 2.14. The van der Waals surface area contributed by atoms with Gasteiger partial charge in [0.05, 0.1) is 22.8 Å². The highest BCUT2D eigenvalue weighted by atomic mass is 35.5.